The van der Waals surface area contributed by atoms with E-state index >= 15 is 0 Å². The van der Waals surface area contributed by atoms with Gasteiger partial charge in [0.2, 0.25) is 0 Å². The number of carbonyl (C=O) groups is 6. The lowest BCUT2D eigenvalue weighted by atomic mass is 10.1. The topological polar surface area (TPSA) is 232 Å². The SMILES string of the molecule is CC(CC(=O)OC(C)(C)C)C(=O)O.CC(CC(=O)OC(C)(C)C)C(=O)OCc1ccccc1.CC(N)C(=O)O.CC(N)C(=O)OCc1ccccc1. The van der Waals surface area contributed by atoms with Crippen molar-refractivity contribution in [2.45, 2.75) is 119 Å². The van der Waals surface area contributed by atoms with Crippen LogP contribution in [-0.2, 0) is 60.9 Å². The number of carboxylic acids is 2. The van der Waals surface area contributed by atoms with Crippen LogP contribution in [0.5, 0.6) is 0 Å². The molecule has 0 saturated heterocycles. The number of esters is 4. The maximum absolute atomic E-state index is 11.8. The molecule has 0 amide bonds. The highest BCUT2D eigenvalue weighted by atomic mass is 16.6. The lowest BCUT2D eigenvalue weighted by Gasteiger charge is -2.20. The molecule has 2 rings (SSSR count). The Hall–Kier alpha value is -4.82. The number of nitrogens with two attached hydrogens (primary N) is 2. The zero-order chi connectivity index (χ0) is 40.7. The van der Waals surface area contributed by atoms with Crippen molar-refractivity contribution in [2.24, 2.45) is 23.3 Å². The van der Waals surface area contributed by atoms with Crippen LogP contribution in [0.3, 0.4) is 0 Å². The van der Waals surface area contributed by atoms with E-state index in [-0.39, 0.29) is 37.4 Å². The van der Waals surface area contributed by atoms with E-state index in [1.54, 1.807) is 55.4 Å². The Balaban J connectivity index is 0. The third-order valence-corrected chi connectivity index (χ3v) is 5.82. The summed E-state index contributed by atoms with van der Waals surface area (Å²) in [5.41, 5.74) is 11.0. The number of benzene rings is 2. The molecule has 0 heterocycles. The maximum Gasteiger partial charge on any atom is 0.322 e. The number of hydrogen-bond donors (Lipinski definition) is 4. The van der Waals surface area contributed by atoms with Crippen molar-refractivity contribution in [3.05, 3.63) is 71.8 Å². The summed E-state index contributed by atoms with van der Waals surface area (Å²) in [4.78, 5) is 65.4. The first-order valence-electron chi connectivity index (χ1n) is 16.7. The number of rotatable bonds is 12. The number of carboxylic acid groups (broad SMARTS) is 2. The summed E-state index contributed by atoms with van der Waals surface area (Å²) in [6.45, 7) is 17.3. The van der Waals surface area contributed by atoms with E-state index in [0.29, 0.717) is 6.61 Å². The third kappa shape index (κ3) is 29.0. The largest absolute Gasteiger partial charge is 0.481 e. The molecule has 4 atom stereocenters. The van der Waals surface area contributed by atoms with E-state index in [2.05, 4.69) is 0 Å². The highest BCUT2D eigenvalue weighted by Crippen LogP contribution is 2.14. The van der Waals surface area contributed by atoms with Gasteiger partial charge in [0, 0.05) is 0 Å². The summed E-state index contributed by atoms with van der Waals surface area (Å²) < 4.78 is 20.2. The molecule has 0 aliphatic carbocycles. The third-order valence-electron chi connectivity index (χ3n) is 5.82. The van der Waals surface area contributed by atoms with Crippen LogP contribution in [0.15, 0.2) is 60.7 Å². The Kier molecular flexibility index (Phi) is 23.9. The molecular weight excluding hydrogens is 676 g/mol. The van der Waals surface area contributed by atoms with Gasteiger partial charge in [-0.2, -0.15) is 0 Å². The number of aliphatic carboxylic acids is 2. The molecule has 14 heteroatoms. The highest BCUT2D eigenvalue weighted by molar-refractivity contribution is 5.80. The van der Waals surface area contributed by atoms with E-state index in [1.807, 2.05) is 60.7 Å². The molecule has 2 aromatic rings. The molecule has 0 fully saturated rings. The normalized spacial score (nSPS) is 12.8. The molecule has 0 aliphatic heterocycles. The van der Waals surface area contributed by atoms with Crippen LogP contribution in [0.2, 0.25) is 0 Å². The van der Waals surface area contributed by atoms with Gasteiger partial charge in [-0.3, -0.25) is 28.8 Å². The smallest absolute Gasteiger partial charge is 0.322 e. The molecule has 14 nitrogen and oxygen atoms in total. The van der Waals surface area contributed by atoms with Crippen LogP contribution in [-0.4, -0.2) is 69.3 Å². The first-order chi connectivity index (χ1) is 23.8. The molecule has 0 radical (unpaired) electrons. The zero-order valence-electron chi connectivity index (χ0n) is 32.0. The zero-order valence-corrected chi connectivity index (χ0v) is 32.0. The molecule has 6 N–H and O–H groups in total. The number of hydrogen-bond acceptors (Lipinski definition) is 12. The fourth-order valence-corrected chi connectivity index (χ4v) is 3.17. The molecule has 0 saturated carbocycles. The summed E-state index contributed by atoms with van der Waals surface area (Å²) in [6.07, 6.45) is -0.0442. The Bertz CT molecular complexity index is 1370. The monoisotopic (exact) mass is 734 g/mol. The van der Waals surface area contributed by atoms with Crippen LogP contribution < -0.4 is 11.5 Å². The number of ether oxygens (including phenoxy) is 4. The van der Waals surface area contributed by atoms with Gasteiger partial charge < -0.3 is 40.6 Å². The van der Waals surface area contributed by atoms with Gasteiger partial charge >= 0.3 is 35.8 Å². The maximum atomic E-state index is 11.8. The molecule has 0 aromatic heterocycles. The van der Waals surface area contributed by atoms with Crippen LogP contribution >= 0.6 is 0 Å². The number of carbonyl (C=O) groups excluding carboxylic acids is 4. The van der Waals surface area contributed by atoms with E-state index in [0.717, 1.165) is 11.1 Å². The van der Waals surface area contributed by atoms with Gasteiger partial charge in [0.1, 0.15) is 36.5 Å². The molecule has 2 aromatic carbocycles. The van der Waals surface area contributed by atoms with Crippen molar-refractivity contribution in [2.75, 3.05) is 0 Å². The van der Waals surface area contributed by atoms with Crippen molar-refractivity contribution in [3.63, 3.8) is 0 Å². The van der Waals surface area contributed by atoms with Crippen molar-refractivity contribution < 1.29 is 57.9 Å². The van der Waals surface area contributed by atoms with Crippen molar-refractivity contribution >= 4 is 35.8 Å². The minimum Gasteiger partial charge on any atom is -0.481 e. The Morgan fingerprint density at radius 2 is 0.885 bits per heavy atom. The summed E-state index contributed by atoms with van der Waals surface area (Å²) >= 11 is 0. The van der Waals surface area contributed by atoms with Crippen molar-refractivity contribution in [3.8, 4) is 0 Å². The van der Waals surface area contributed by atoms with E-state index in [9.17, 15) is 28.8 Å². The predicted molar refractivity (Wildman–Crippen MR) is 194 cm³/mol. The summed E-state index contributed by atoms with van der Waals surface area (Å²) in [7, 11) is 0. The van der Waals surface area contributed by atoms with Crippen molar-refractivity contribution in [1.82, 2.24) is 0 Å². The first-order valence-corrected chi connectivity index (χ1v) is 16.7. The summed E-state index contributed by atoms with van der Waals surface area (Å²) in [5, 5.41) is 16.4. The Labute approximate surface area is 307 Å². The van der Waals surface area contributed by atoms with Gasteiger partial charge in [0.15, 0.2) is 0 Å². The van der Waals surface area contributed by atoms with Crippen LogP contribution in [0, 0.1) is 11.8 Å². The standard InChI is InChI=1S/C16H22O4.C10H13NO2.C9H16O4.C3H7NO2/c1-12(10-14(17)20-16(2,3)4)15(18)19-11-13-8-6-5-7-9-13;1-8(11)10(12)13-7-9-5-3-2-4-6-9;1-6(8(11)12)5-7(10)13-9(2,3)4;1-2(4)3(5)6/h5-9,12H,10-11H2,1-4H3;2-6,8H,7,11H2,1H3;6H,5H2,1-4H3,(H,11,12);2H,4H2,1H3,(H,5,6). The van der Waals surface area contributed by atoms with Crippen LogP contribution in [0.25, 0.3) is 0 Å². The lowest BCUT2D eigenvalue weighted by Crippen LogP contribution is -2.28. The van der Waals surface area contributed by atoms with E-state index in [4.69, 9.17) is 40.6 Å². The fourth-order valence-electron chi connectivity index (χ4n) is 3.17. The summed E-state index contributed by atoms with van der Waals surface area (Å²) in [6, 6.07) is 17.6. The van der Waals surface area contributed by atoms with Crippen molar-refractivity contribution in [1.29, 1.82) is 0 Å². The molecule has 4 unspecified atom stereocenters. The Morgan fingerprint density at radius 1 is 0.558 bits per heavy atom. The molecule has 0 aliphatic rings. The van der Waals surface area contributed by atoms with Crippen LogP contribution in [0.1, 0.15) is 93.2 Å². The molecule has 0 bridgehead atoms. The Morgan fingerprint density at radius 3 is 1.17 bits per heavy atom. The van der Waals surface area contributed by atoms with Gasteiger partial charge in [-0.05, 0) is 66.5 Å². The molecule has 292 valence electrons. The van der Waals surface area contributed by atoms with Gasteiger partial charge in [0.25, 0.3) is 0 Å². The van der Waals surface area contributed by atoms with Gasteiger partial charge in [0.05, 0.1) is 24.7 Å². The second-order valence-corrected chi connectivity index (χ2v) is 13.8. The average molecular weight is 735 g/mol. The van der Waals surface area contributed by atoms with E-state index < -0.39 is 53.0 Å². The van der Waals surface area contributed by atoms with Crippen LogP contribution in [0.4, 0.5) is 0 Å². The quantitative estimate of drug-likeness (QED) is 0.166. The predicted octanol–water partition coefficient (Wildman–Crippen LogP) is 5.03. The first kappa shape index (κ1) is 49.3. The van der Waals surface area contributed by atoms with Gasteiger partial charge in [-0.25, -0.2) is 0 Å². The average Bonchev–Trinajstić information content (AvgIpc) is 3.02. The second-order valence-electron chi connectivity index (χ2n) is 13.8. The van der Waals surface area contributed by atoms with Gasteiger partial charge in [-0.15, -0.1) is 0 Å². The molecule has 52 heavy (non-hydrogen) atoms. The second kappa shape index (κ2) is 25.2. The summed E-state index contributed by atoms with van der Waals surface area (Å²) in [5.74, 6) is -4.75. The van der Waals surface area contributed by atoms with Gasteiger partial charge in [-0.1, -0.05) is 74.5 Å². The minimum absolute atomic E-state index is 0.0326. The molecule has 0 spiro atoms. The highest BCUT2D eigenvalue weighted by Gasteiger charge is 2.23. The fraction of sp³-hybridized carbons (Fsp3) is 0.526. The van der Waals surface area contributed by atoms with E-state index in [1.165, 1.54) is 13.8 Å². The molecular formula is C38H58N2O12. The minimum atomic E-state index is -0.981. The lowest BCUT2D eigenvalue weighted by molar-refractivity contribution is -0.161.